The fourth-order valence-corrected chi connectivity index (χ4v) is 2.43. The van der Waals surface area contributed by atoms with E-state index >= 15 is 0 Å². The smallest absolute Gasteiger partial charge is 0.119 e. The van der Waals surface area contributed by atoms with E-state index in [9.17, 15) is 0 Å². The number of methoxy groups -OCH3 is 1. The van der Waals surface area contributed by atoms with Gasteiger partial charge in [-0.2, -0.15) is 10.2 Å². The quantitative estimate of drug-likeness (QED) is 0.590. The number of azo groups is 1. The van der Waals surface area contributed by atoms with E-state index in [1.165, 1.54) is 5.56 Å². The molecule has 1 atom stereocenters. The monoisotopic (exact) mass is 317 g/mol. The Hall–Kier alpha value is -3.01. The zero-order chi connectivity index (χ0) is 16.6. The maximum absolute atomic E-state index is 5.16. The van der Waals surface area contributed by atoms with Gasteiger partial charge in [0.25, 0.3) is 0 Å². The van der Waals surface area contributed by atoms with Crippen LogP contribution < -0.4 is 4.74 Å². The van der Waals surface area contributed by atoms with E-state index in [2.05, 4.69) is 27.3 Å². The van der Waals surface area contributed by atoms with Crippen molar-refractivity contribution in [2.45, 2.75) is 12.5 Å². The maximum Gasteiger partial charge on any atom is 0.119 e. The van der Waals surface area contributed by atoms with Crippen LogP contribution in [-0.4, -0.2) is 12.1 Å². The molecule has 4 nitrogen and oxygen atoms in total. The Morgan fingerprint density at radius 3 is 2.29 bits per heavy atom. The first kappa shape index (κ1) is 15.9. The summed E-state index contributed by atoms with van der Waals surface area (Å²) in [5.41, 5.74) is 3.14. The average molecular weight is 317 g/mol. The average Bonchev–Trinajstić information content (AvgIpc) is 2.67. The molecule has 0 bridgehead atoms. The summed E-state index contributed by atoms with van der Waals surface area (Å²) in [5, 5.41) is 8.99. The van der Waals surface area contributed by atoms with Gasteiger partial charge in [0, 0.05) is 18.8 Å². The van der Waals surface area contributed by atoms with Crippen LogP contribution in [-0.2, 0) is 6.42 Å². The van der Waals surface area contributed by atoms with E-state index in [-0.39, 0.29) is 6.04 Å². The molecule has 0 radical (unpaired) electrons. The Labute approximate surface area is 141 Å². The SMILES string of the molecule is COc1ccc(N=NC(Cc2ccncc2)c2ccccc2)cc1. The Kier molecular flexibility index (Phi) is 5.30. The first-order valence-corrected chi connectivity index (χ1v) is 7.84. The van der Waals surface area contributed by atoms with Gasteiger partial charge in [-0.3, -0.25) is 4.98 Å². The van der Waals surface area contributed by atoms with E-state index in [1.54, 1.807) is 19.5 Å². The van der Waals surface area contributed by atoms with E-state index in [0.29, 0.717) is 0 Å². The minimum atomic E-state index is -0.0318. The van der Waals surface area contributed by atoms with Crippen molar-refractivity contribution in [1.29, 1.82) is 0 Å². The molecular weight excluding hydrogens is 298 g/mol. The van der Waals surface area contributed by atoms with Gasteiger partial charge in [-0.05, 0) is 47.5 Å². The molecule has 0 aliphatic carbocycles. The molecule has 1 unspecified atom stereocenters. The topological polar surface area (TPSA) is 46.8 Å². The molecule has 2 aromatic carbocycles. The van der Waals surface area contributed by atoms with Gasteiger partial charge in [0.15, 0.2) is 0 Å². The maximum atomic E-state index is 5.16. The minimum absolute atomic E-state index is 0.0318. The van der Waals surface area contributed by atoms with Gasteiger partial charge in [-0.15, -0.1) is 0 Å². The fraction of sp³-hybridized carbons (Fsp3) is 0.150. The molecule has 3 rings (SSSR count). The predicted octanol–water partition coefficient (Wildman–Crippen LogP) is 5.16. The van der Waals surface area contributed by atoms with Crippen LogP contribution in [0.5, 0.6) is 5.75 Å². The molecule has 0 aliphatic rings. The number of hydrogen-bond donors (Lipinski definition) is 0. The Bertz CT molecular complexity index is 771. The number of hydrogen-bond acceptors (Lipinski definition) is 4. The third kappa shape index (κ3) is 4.26. The highest BCUT2D eigenvalue weighted by Gasteiger charge is 2.11. The van der Waals surface area contributed by atoms with Crippen LogP contribution in [0.15, 0.2) is 89.4 Å². The first-order valence-electron chi connectivity index (χ1n) is 7.84. The number of benzene rings is 2. The van der Waals surface area contributed by atoms with E-state index in [4.69, 9.17) is 4.74 Å². The second kappa shape index (κ2) is 8.02. The third-order valence-electron chi connectivity index (χ3n) is 3.75. The highest BCUT2D eigenvalue weighted by atomic mass is 16.5. The van der Waals surface area contributed by atoms with E-state index in [1.807, 2.05) is 54.6 Å². The van der Waals surface area contributed by atoms with Crippen LogP contribution in [0.4, 0.5) is 5.69 Å². The van der Waals surface area contributed by atoms with Gasteiger partial charge in [0.2, 0.25) is 0 Å². The van der Waals surface area contributed by atoms with Crippen molar-refractivity contribution in [3.8, 4) is 5.75 Å². The zero-order valence-electron chi connectivity index (χ0n) is 13.5. The molecule has 0 amide bonds. The zero-order valence-corrected chi connectivity index (χ0v) is 13.5. The van der Waals surface area contributed by atoms with Crippen molar-refractivity contribution in [2.75, 3.05) is 7.11 Å². The minimum Gasteiger partial charge on any atom is -0.497 e. The van der Waals surface area contributed by atoms with Gasteiger partial charge in [0.05, 0.1) is 12.8 Å². The highest BCUT2D eigenvalue weighted by Crippen LogP contribution is 2.25. The van der Waals surface area contributed by atoms with Gasteiger partial charge in [-0.1, -0.05) is 30.3 Å². The molecule has 0 saturated carbocycles. The summed E-state index contributed by atoms with van der Waals surface area (Å²) < 4.78 is 5.16. The molecule has 3 aromatic rings. The first-order chi connectivity index (χ1) is 11.8. The van der Waals surface area contributed by atoms with Gasteiger partial charge >= 0.3 is 0 Å². The lowest BCUT2D eigenvalue weighted by molar-refractivity contribution is 0.415. The summed E-state index contributed by atoms with van der Waals surface area (Å²) in [7, 11) is 1.65. The number of nitrogens with zero attached hydrogens (tertiary/aromatic N) is 3. The summed E-state index contributed by atoms with van der Waals surface area (Å²) in [6.07, 6.45) is 4.39. The fourth-order valence-electron chi connectivity index (χ4n) is 2.43. The standard InChI is InChI=1S/C20H19N3O/c1-24-19-9-7-18(8-10-19)22-23-20(17-5-3-2-4-6-17)15-16-11-13-21-14-12-16/h2-14,20H,15H2,1H3. The Morgan fingerprint density at radius 1 is 0.917 bits per heavy atom. The molecule has 120 valence electrons. The van der Waals surface area contributed by atoms with Gasteiger partial charge in [0.1, 0.15) is 11.8 Å². The van der Waals surface area contributed by atoms with Crippen molar-refractivity contribution in [3.63, 3.8) is 0 Å². The molecule has 0 saturated heterocycles. The molecule has 0 spiro atoms. The molecule has 0 N–H and O–H groups in total. The number of rotatable bonds is 6. The van der Waals surface area contributed by atoms with Crippen molar-refractivity contribution < 1.29 is 4.74 Å². The Balaban J connectivity index is 1.82. The lowest BCUT2D eigenvalue weighted by Crippen LogP contribution is -1.99. The van der Waals surface area contributed by atoms with Crippen LogP contribution in [0.2, 0.25) is 0 Å². The molecule has 4 heteroatoms. The van der Waals surface area contributed by atoms with E-state index in [0.717, 1.165) is 23.4 Å². The summed E-state index contributed by atoms with van der Waals surface area (Å²) in [4.78, 5) is 4.07. The lowest BCUT2D eigenvalue weighted by atomic mass is 10.0. The predicted molar refractivity (Wildman–Crippen MR) is 94.6 cm³/mol. The molecule has 1 aromatic heterocycles. The van der Waals surface area contributed by atoms with Crippen LogP contribution in [0.3, 0.4) is 0 Å². The van der Waals surface area contributed by atoms with E-state index < -0.39 is 0 Å². The summed E-state index contributed by atoms with van der Waals surface area (Å²) in [6.45, 7) is 0. The number of ether oxygens (including phenoxy) is 1. The second-order valence-corrected chi connectivity index (χ2v) is 5.40. The van der Waals surface area contributed by atoms with Crippen LogP contribution in [0, 0.1) is 0 Å². The number of pyridine rings is 1. The van der Waals surface area contributed by atoms with Gasteiger partial charge in [-0.25, -0.2) is 0 Å². The second-order valence-electron chi connectivity index (χ2n) is 5.40. The normalized spacial score (nSPS) is 12.2. The molecule has 1 heterocycles. The lowest BCUT2D eigenvalue weighted by Gasteiger charge is -2.12. The van der Waals surface area contributed by atoms with Crippen LogP contribution in [0.1, 0.15) is 17.2 Å². The van der Waals surface area contributed by atoms with Gasteiger partial charge < -0.3 is 4.74 Å². The van der Waals surface area contributed by atoms with Crippen molar-refractivity contribution in [3.05, 3.63) is 90.3 Å². The summed E-state index contributed by atoms with van der Waals surface area (Å²) in [6, 6.07) is 21.8. The van der Waals surface area contributed by atoms with Crippen molar-refractivity contribution in [1.82, 2.24) is 4.98 Å². The third-order valence-corrected chi connectivity index (χ3v) is 3.75. The largest absolute Gasteiger partial charge is 0.497 e. The van der Waals surface area contributed by atoms with Crippen LogP contribution in [0.25, 0.3) is 0 Å². The van der Waals surface area contributed by atoms with Crippen molar-refractivity contribution >= 4 is 5.69 Å². The van der Waals surface area contributed by atoms with Crippen molar-refractivity contribution in [2.24, 2.45) is 10.2 Å². The summed E-state index contributed by atoms with van der Waals surface area (Å²) >= 11 is 0. The molecule has 0 fully saturated rings. The molecule has 0 aliphatic heterocycles. The summed E-state index contributed by atoms with van der Waals surface area (Å²) in [5.74, 6) is 0.811. The number of aromatic nitrogens is 1. The highest BCUT2D eigenvalue weighted by molar-refractivity contribution is 5.40. The van der Waals surface area contributed by atoms with Crippen LogP contribution >= 0.6 is 0 Å². The molecule has 24 heavy (non-hydrogen) atoms. The molecular formula is C20H19N3O. The Morgan fingerprint density at radius 2 is 1.62 bits per heavy atom.